The van der Waals surface area contributed by atoms with E-state index >= 15 is 0 Å². The fourth-order valence-electron chi connectivity index (χ4n) is 1.86. The number of likely N-dealkylation sites (tertiary alicyclic amines) is 1. The van der Waals surface area contributed by atoms with Gasteiger partial charge in [0.15, 0.2) is 0 Å². The average Bonchev–Trinajstić information content (AvgIpc) is 2.69. The summed E-state index contributed by atoms with van der Waals surface area (Å²) in [7, 11) is 0. The smallest absolute Gasteiger partial charge is 0.223 e. The molecule has 1 fully saturated rings. The molecule has 1 saturated heterocycles. The van der Waals surface area contributed by atoms with Gasteiger partial charge >= 0.3 is 0 Å². The Balaban J connectivity index is 2.23. The Morgan fingerprint density at radius 1 is 1.38 bits per heavy atom. The summed E-state index contributed by atoms with van der Waals surface area (Å²) in [5.74, 6) is 6.50. The van der Waals surface area contributed by atoms with Gasteiger partial charge in [-0.05, 0) is 25.9 Å². The third-order valence-electron chi connectivity index (χ3n) is 2.86. The van der Waals surface area contributed by atoms with Gasteiger partial charge in [0.2, 0.25) is 5.91 Å². The molecule has 1 rings (SSSR count). The van der Waals surface area contributed by atoms with Crippen molar-refractivity contribution in [2.45, 2.75) is 33.1 Å². The van der Waals surface area contributed by atoms with Crippen LogP contribution in [0.3, 0.4) is 0 Å². The topological polar surface area (TPSA) is 23.6 Å². The fourth-order valence-corrected chi connectivity index (χ4v) is 1.86. The average molecular weight is 222 g/mol. The molecule has 0 aromatic rings. The van der Waals surface area contributed by atoms with E-state index in [1.165, 1.54) is 6.42 Å². The Morgan fingerprint density at radius 2 is 2.19 bits per heavy atom. The highest BCUT2D eigenvalue weighted by molar-refractivity contribution is 5.78. The standard InChI is InChI=1S/C13H22N2O/c1-3-9-14(4-2)10-5-6-11-15-12-7-8-13(15)16/h3-4,7-12H2,1-2H3. The Labute approximate surface area is 98.8 Å². The summed E-state index contributed by atoms with van der Waals surface area (Å²) < 4.78 is 0. The van der Waals surface area contributed by atoms with Crippen molar-refractivity contribution < 1.29 is 4.79 Å². The lowest BCUT2D eigenvalue weighted by atomic mass is 10.4. The van der Waals surface area contributed by atoms with E-state index in [9.17, 15) is 4.79 Å². The van der Waals surface area contributed by atoms with Crippen molar-refractivity contribution in [3.05, 3.63) is 0 Å². The molecule has 0 radical (unpaired) electrons. The number of hydrogen-bond donors (Lipinski definition) is 0. The van der Waals surface area contributed by atoms with Gasteiger partial charge in [-0.2, -0.15) is 0 Å². The molecule has 0 aromatic carbocycles. The summed E-state index contributed by atoms with van der Waals surface area (Å²) >= 11 is 0. The predicted molar refractivity (Wildman–Crippen MR) is 66.0 cm³/mol. The van der Waals surface area contributed by atoms with Gasteiger partial charge < -0.3 is 4.90 Å². The van der Waals surface area contributed by atoms with Crippen molar-refractivity contribution in [2.75, 3.05) is 32.7 Å². The van der Waals surface area contributed by atoms with Crippen LogP contribution < -0.4 is 0 Å². The monoisotopic (exact) mass is 222 g/mol. The lowest BCUT2D eigenvalue weighted by Crippen LogP contribution is -2.26. The molecule has 1 aliphatic rings. The second-order valence-corrected chi connectivity index (χ2v) is 4.14. The SMILES string of the molecule is CCCN(CC)CC#CCN1CCCC1=O. The maximum Gasteiger partial charge on any atom is 0.223 e. The molecule has 90 valence electrons. The number of carbonyl (C=O) groups excluding carboxylic acids is 1. The maximum absolute atomic E-state index is 11.3. The molecule has 0 saturated carbocycles. The number of amides is 1. The van der Waals surface area contributed by atoms with E-state index in [4.69, 9.17) is 0 Å². The normalized spacial score (nSPS) is 15.4. The highest BCUT2D eigenvalue weighted by Crippen LogP contribution is 2.07. The van der Waals surface area contributed by atoms with Crippen LogP contribution in [0.5, 0.6) is 0 Å². The van der Waals surface area contributed by atoms with Crippen molar-refractivity contribution in [3.8, 4) is 11.8 Å². The van der Waals surface area contributed by atoms with Gasteiger partial charge in [-0.1, -0.05) is 25.7 Å². The van der Waals surface area contributed by atoms with Crippen LogP contribution in [0.4, 0.5) is 0 Å². The minimum Gasteiger partial charge on any atom is -0.332 e. The van der Waals surface area contributed by atoms with Crippen LogP contribution >= 0.6 is 0 Å². The third kappa shape index (κ3) is 4.24. The molecule has 1 aliphatic heterocycles. The van der Waals surface area contributed by atoms with E-state index < -0.39 is 0 Å². The van der Waals surface area contributed by atoms with Crippen LogP contribution in [0.1, 0.15) is 33.1 Å². The summed E-state index contributed by atoms with van der Waals surface area (Å²) in [5, 5.41) is 0. The van der Waals surface area contributed by atoms with Crippen molar-refractivity contribution in [1.82, 2.24) is 9.80 Å². The quantitative estimate of drug-likeness (QED) is 0.655. The first-order valence-corrected chi connectivity index (χ1v) is 6.23. The number of nitrogens with zero attached hydrogens (tertiary/aromatic N) is 2. The summed E-state index contributed by atoms with van der Waals surface area (Å²) in [5.41, 5.74) is 0. The van der Waals surface area contributed by atoms with Gasteiger partial charge in [0.25, 0.3) is 0 Å². The lowest BCUT2D eigenvalue weighted by Gasteiger charge is -2.15. The summed E-state index contributed by atoms with van der Waals surface area (Å²) in [6, 6.07) is 0. The third-order valence-corrected chi connectivity index (χ3v) is 2.86. The van der Waals surface area contributed by atoms with E-state index in [1.807, 2.05) is 4.90 Å². The van der Waals surface area contributed by atoms with Crippen molar-refractivity contribution in [3.63, 3.8) is 0 Å². The van der Waals surface area contributed by atoms with Gasteiger partial charge in [0.1, 0.15) is 0 Å². The van der Waals surface area contributed by atoms with Gasteiger partial charge in [-0.15, -0.1) is 0 Å². The molecule has 16 heavy (non-hydrogen) atoms. The second kappa shape index (κ2) is 7.29. The van der Waals surface area contributed by atoms with Gasteiger partial charge in [0.05, 0.1) is 13.1 Å². The molecule has 3 nitrogen and oxygen atoms in total. The molecule has 1 amide bonds. The van der Waals surface area contributed by atoms with Gasteiger partial charge in [-0.25, -0.2) is 0 Å². The van der Waals surface area contributed by atoms with Gasteiger partial charge in [0, 0.05) is 13.0 Å². The molecule has 3 heteroatoms. The summed E-state index contributed by atoms with van der Waals surface area (Å²) in [6.45, 7) is 8.81. The Bertz CT molecular complexity index is 277. The Kier molecular flexibility index (Phi) is 5.95. The number of rotatable bonds is 5. The molecular formula is C13H22N2O. The first-order chi connectivity index (χ1) is 7.77. The number of carbonyl (C=O) groups is 1. The maximum atomic E-state index is 11.3. The Hall–Kier alpha value is -1.01. The lowest BCUT2D eigenvalue weighted by molar-refractivity contribution is -0.127. The van der Waals surface area contributed by atoms with E-state index in [0.717, 1.165) is 32.6 Å². The van der Waals surface area contributed by atoms with Crippen LogP contribution in [0.25, 0.3) is 0 Å². The summed E-state index contributed by atoms with van der Waals surface area (Å²) in [4.78, 5) is 15.5. The minimum absolute atomic E-state index is 0.259. The van der Waals surface area contributed by atoms with Crippen molar-refractivity contribution in [1.29, 1.82) is 0 Å². The molecule has 0 N–H and O–H groups in total. The Morgan fingerprint density at radius 3 is 2.75 bits per heavy atom. The van der Waals surface area contributed by atoms with Crippen LogP contribution in [0.2, 0.25) is 0 Å². The van der Waals surface area contributed by atoms with E-state index in [2.05, 4.69) is 30.6 Å². The minimum atomic E-state index is 0.259. The first kappa shape index (κ1) is 13.1. The molecule has 0 spiro atoms. The molecule has 0 atom stereocenters. The van der Waals surface area contributed by atoms with Crippen LogP contribution in [-0.4, -0.2) is 48.4 Å². The second-order valence-electron chi connectivity index (χ2n) is 4.14. The van der Waals surface area contributed by atoms with Crippen LogP contribution in [-0.2, 0) is 4.79 Å². The highest BCUT2D eigenvalue weighted by Gasteiger charge is 2.18. The summed E-state index contributed by atoms with van der Waals surface area (Å²) in [6.07, 6.45) is 2.87. The zero-order chi connectivity index (χ0) is 11.8. The first-order valence-electron chi connectivity index (χ1n) is 6.23. The highest BCUT2D eigenvalue weighted by atomic mass is 16.2. The largest absolute Gasteiger partial charge is 0.332 e. The van der Waals surface area contributed by atoms with Gasteiger partial charge in [-0.3, -0.25) is 9.69 Å². The molecule has 0 bridgehead atoms. The van der Waals surface area contributed by atoms with Crippen LogP contribution in [0, 0.1) is 11.8 Å². The molecule has 0 aliphatic carbocycles. The zero-order valence-electron chi connectivity index (χ0n) is 10.5. The van der Waals surface area contributed by atoms with Crippen molar-refractivity contribution >= 4 is 5.91 Å². The van der Waals surface area contributed by atoms with E-state index in [1.54, 1.807) is 0 Å². The zero-order valence-corrected chi connectivity index (χ0v) is 10.5. The predicted octanol–water partition coefficient (Wildman–Crippen LogP) is 1.34. The molecule has 0 unspecified atom stereocenters. The van der Waals surface area contributed by atoms with Crippen LogP contribution in [0.15, 0.2) is 0 Å². The van der Waals surface area contributed by atoms with E-state index in [-0.39, 0.29) is 5.91 Å². The number of hydrogen-bond acceptors (Lipinski definition) is 2. The molecule has 1 heterocycles. The fraction of sp³-hybridized carbons (Fsp3) is 0.769. The van der Waals surface area contributed by atoms with Crippen molar-refractivity contribution in [2.24, 2.45) is 0 Å². The van der Waals surface area contributed by atoms with E-state index in [0.29, 0.717) is 13.0 Å². The molecular weight excluding hydrogens is 200 g/mol. The molecule has 0 aromatic heterocycles.